The van der Waals surface area contributed by atoms with Gasteiger partial charge >= 0.3 is 12.0 Å². The van der Waals surface area contributed by atoms with E-state index < -0.39 is 17.8 Å². The predicted molar refractivity (Wildman–Crippen MR) is 184 cm³/mol. The molecule has 1 saturated carbocycles. The number of rotatable bonds is 11. The standard InChI is InChI=1S/C35H40FN7O5S/c1-21(2)32(37)34(45)47-20-31(44)43-14-12-42(13-15-43)19-22-4-8-27(41(3)18-22)30-17-26-33(49-30)29(10-11-38-26)48-28-9-7-24(16-25(28)36)40-35(46)39-23-5-6-23/h4,7-11,16-18,21,23,32H,5-6,12-15,19-20,37H2,1-3H3,(H-,39,40,46)/p+1. The molecule has 1 atom stereocenters. The van der Waals surface area contributed by atoms with Gasteiger partial charge < -0.3 is 30.7 Å². The number of fused-ring (bicyclic) bond motifs is 1. The zero-order chi connectivity index (χ0) is 34.7. The van der Waals surface area contributed by atoms with Gasteiger partial charge in [0.1, 0.15) is 23.7 Å². The number of nitrogens with one attached hydrogen (secondary N) is 2. The van der Waals surface area contributed by atoms with Crippen molar-refractivity contribution in [3.05, 3.63) is 66.2 Å². The maximum Gasteiger partial charge on any atom is 0.323 e. The molecule has 14 heteroatoms. The summed E-state index contributed by atoms with van der Waals surface area (Å²) in [4.78, 5) is 46.1. The highest BCUT2D eigenvalue weighted by molar-refractivity contribution is 7.22. The quantitative estimate of drug-likeness (QED) is 0.157. The van der Waals surface area contributed by atoms with E-state index in [-0.39, 0.29) is 36.3 Å². The summed E-state index contributed by atoms with van der Waals surface area (Å²) in [6, 6.07) is 11.3. The van der Waals surface area contributed by atoms with Crippen LogP contribution in [-0.2, 0) is 27.9 Å². The molecular formula is C35H41FN7O5S+. The Bertz CT molecular complexity index is 1860. The van der Waals surface area contributed by atoms with Crippen molar-refractivity contribution in [2.24, 2.45) is 18.7 Å². The molecule has 1 aliphatic carbocycles. The lowest BCUT2D eigenvalue weighted by Crippen LogP contribution is -2.50. The van der Waals surface area contributed by atoms with Gasteiger partial charge in [0.15, 0.2) is 24.4 Å². The fraction of sp³-hybridized carbons (Fsp3) is 0.400. The maximum atomic E-state index is 15.0. The predicted octanol–water partition coefficient (Wildman–Crippen LogP) is 4.17. The molecule has 49 heavy (non-hydrogen) atoms. The zero-order valence-electron chi connectivity index (χ0n) is 27.8. The fourth-order valence-electron chi connectivity index (χ4n) is 5.50. The maximum absolute atomic E-state index is 15.0. The smallest absolute Gasteiger partial charge is 0.323 e. The Morgan fingerprint density at radius 2 is 1.86 bits per heavy atom. The van der Waals surface area contributed by atoms with Crippen molar-refractivity contribution in [1.29, 1.82) is 0 Å². The number of hydrogen-bond acceptors (Lipinski definition) is 9. The number of halogens is 1. The Labute approximate surface area is 288 Å². The Morgan fingerprint density at radius 3 is 2.55 bits per heavy atom. The van der Waals surface area contributed by atoms with E-state index in [4.69, 9.17) is 15.2 Å². The minimum absolute atomic E-state index is 0.0468. The number of hydrogen-bond donors (Lipinski definition) is 3. The van der Waals surface area contributed by atoms with Gasteiger partial charge in [0, 0.05) is 74.4 Å². The molecule has 1 aliphatic heterocycles. The number of aromatic nitrogens is 2. The van der Waals surface area contributed by atoms with Gasteiger partial charge in [0.2, 0.25) is 5.69 Å². The molecule has 4 heterocycles. The van der Waals surface area contributed by atoms with Gasteiger partial charge in [-0.05, 0) is 43.0 Å². The third-order valence-corrected chi connectivity index (χ3v) is 9.77. The number of anilines is 1. The van der Waals surface area contributed by atoms with Gasteiger partial charge in [-0.2, -0.15) is 0 Å². The summed E-state index contributed by atoms with van der Waals surface area (Å²) in [6.45, 7) is 6.62. The number of amides is 3. The first-order valence-corrected chi connectivity index (χ1v) is 17.2. The Kier molecular flexibility index (Phi) is 10.4. The highest BCUT2D eigenvalue weighted by Crippen LogP contribution is 2.39. The number of pyridine rings is 2. The van der Waals surface area contributed by atoms with Gasteiger partial charge in [-0.25, -0.2) is 13.8 Å². The van der Waals surface area contributed by atoms with Crippen LogP contribution < -0.4 is 25.7 Å². The molecular weight excluding hydrogens is 649 g/mol. The molecule has 0 spiro atoms. The number of nitrogens with two attached hydrogens (primary N) is 1. The largest absolute Gasteiger partial charge is 0.454 e. The summed E-state index contributed by atoms with van der Waals surface area (Å²) in [6.07, 6.45) is 5.65. The highest BCUT2D eigenvalue weighted by Gasteiger charge is 2.26. The van der Waals surface area contributed by atoms with Crippen LogP contribution in [0, 0.1) is 11.7 Å². The summed E-state index contributed by atoms with van der Waals surface area (Å²) in [5.74, 6) is -0.880. The molecule has 4 N–H and O–H groups in total. The van der Waals surface area contributed by atoms with Crippen LogP contribution in [0.2, 0.25) is 0 Å². The van der Waals surface area contributed by atoms with E-state index >= 15 is 0 Å². The second-order valence-electron chi connectivity index (χ2n) is 12.8. The number of carbonyl (C=O) groups excluding carboxylic acids is 3. The number of piperazine rings is 1. The van der Waals surface area contributed by atoms with E-state index in [0.717, 1.165) is 45.7 Å². The molecule has 4 aromatic rings. The molecule has 2 fully saturated rings. The lowest BCUT2D eigenvalue weighted by Gasteiger charge is -2.34. The van der Waals surface area contributed by atoms with Gasteiger partial charge in [0.05, 0.1) is 10.2 Å². The number of benzene rings is 1. The SMILES string of the molecule is CC(C)C(N)C(=O)OCC(=O)N1CCN(Cc2ccc(-c3cc4nccc(Oc5ccc(NC(=O)NC6CC6)cc5F)c4s3)[n+](C)c2)CC1. The molecule has 12 nitrogen and oxygen atoms in total. The molecule has 3 amide bonds. The lowest BCUT2D eigenvalue weighted by molar-refractivity contribution is -0.660. The van der Waals surface area contributed by atoms with E-state index in [1.807, 2.05) is 27.0 Å². The van der Waals surface area contributed by atoms with Crippen molar-refractivity contribution >= 4 is 45.1 Å². The number of esters is 1. The van der Waals surface area contributed by atoms with Crippen LogP contribution in [0.3, 0.4) is 0 Å². The van der Waals surface area contributed by atoms with Gasteiger partial charge in [-0.3, -0.25) is 19.5 Å². The molecule has 0 bridgehead atoms. The monoisotopic (exact) mass is 690 g/mol. The second-order valence-corrected chi connectivity index (χ2v) is 13.9. The molecule has 1 unspecified atom stereocenters. The van der Waals surface area contributed by atoms with E-state index in [1.54, 1.807) is 23.2 Å². The van der Waals surface area contributed by atoms with Crippen molar-refractivity contribution in [1.82, 2.24) is 20.1 Å². The van der Waals surface area contributed by atoms with Crippen LogP contribution in [0.4, 0.5) is 14.9 Å². The third-order valence-electron chi connectivity index (χ3n) is 8.60. The van der Waals surface area contributed by atoms with Crippen molar-refractivity contribution < 1.29 is 32.8 Å². The Morgan fingerprint density at radius 1 is 1.08 bits per heavy atom. The summed E-state index contributed by atoms with van der Waals surface area (Å²) >= 11 is 1.51. The lowest BCUT2D eigenvalue weighted by atomic mass is 10.1. The van der Waals surface area contributed by atoms with Gasteiger partial charge in [0.25, 0.3) is 5.91 Å². The number of carbonyl (C=O) groups is 3. The van der Waals surface area contributed by atoms with E-state index in [9.17, 15) is 18.8 Å². The molecule has 1 aromatic carbocycles. The van der Waals surface area contributed by atoms with E-state index in [0.29, 0.717) is 37.6 Å². The zero-order valence-corrected chi connectivity index (χ0v) is 28.6. The normalized spacial score (nSPS) is 15.7. The van der Waals surface area contributed by atoms with Crippen LogP contribution in [0.5, 0.6) is 11.5 Å². The fourth-order valence-corrected chi connectivity index (χ4v) is 6.64. The average molecular weight is 691 g/mol. The van der Waals surface area contributed by atoms with E-state index in [1.165, 1.54) is 23.5 Å². The first kappa shape index (κ1) is 34.2. The molecule has 258 valence electrons. The summed E-state index contributed by atoms with van der Waals surface area (Å²) < 4.78 is 29.0. The topological polar surface area (TPSA) is 143 Å². The van der Waals surface area contributed by atoms with Crippen LogP contribution >= 0.6 is 11.3 Å². The summed E-state index contributed by atoms with van der Waals surface area (Å²) in [7, 11) is 1.99. The van der Waals surface area contributed by atoms with Crippen molar-refractivity contribution in [3.63, 3.8) is 0 Å². The third kappa shape index (κ3) is 8.50. The molecule has 6 rings (SSSR count). The Hall–Kier alpha value is -4.66. The molecule has 2 aliphatic rings. The number of thiophene rings is 1. The molecule has 1 saturated heterocycles. The van der Waals surface area contributed by atoms with Crippen molar-refractivity contribution in [2.75, 3.05) is 38.1 Å². The van der Waals surface area contributed by atoms with Crippen molar-refractivity contribution in [3.8, 4) is 22.1 Å². The number of ether oxygens (including phenoxy) is 2. The number of aryl methyl sites for hydroxylation is 1. The number of nitrogens with zero attached hydrogens (tertiary/aromatic N) is 4. The van der Waals surface area contributed by atoms with Gasteiger partial charge in [-0.1, -0.05) is 13.8 Å². The van der Waals surface area contributed by atoms with Crippen LogP contribution in [0.15, 0.2) is 54.9 Å². The first-order valence-electron chi connectivity index (χ1n) is 16.4. The minimum Gasteiger partial charge on any atom is -0.454 e. The first-order chi connectivity index (χ1) is 23.5. The summed E-state index contributed by atoms with van der Waals surface area (Å²) in [5, 5.41) is 5.47. The summed E-state index contributed by atoms with van der Waals surface area (Å²) in [5.41, 5.74) is 9.01. The van der Waals surface area contributed by atoms with Crippen molar-refractivity contribution in [2.45, 2.75) is 45.3 Å². The Balaban J connectivity index is 1.05. The average Bonchev–Trinajstić information content (AvgIpc) is 3.78. The molecule has 0 radical (unpaired) electrons. The number of urea groups is 1. The minimum atomic E-state index is -0.739. The second kappa shape index (κ2) is 14.8. The van der Waals surface area contributed by atoms with Crippen LogP contribution in [0.1, 0.15) is 32.3 Å². The molecule has 3 aromatic heterocycles. The van der Waals surface area contributed by atoms with Gasteiger partial charge in [-0.15, -0.1) is 11.3 Å². The van der Waals surface area contributed by atoms with Crippen LogP contribution in [-0.4, -0.2) is 77.6 Å². The highest BCUT2D eigenvalue weighted by atomic mass is 32.1. The van der Waals surface area contributed by atoms with Crippen LogP contribution in [0.25, 0.3) is 20.8 Å². The van der Waals surface area contributed by atoms with E-state index in [2.05, 4.69) is 43.4 Å².